The molecule has 3 saturated heterocycles. The minimum atomic E-state index is -0.537. The van der Waals surface area contributed by atoms with Crippen molar-refractivity contribution >= 4 is 36.6 Å². The summed E-state index contributed by atoms with van der Waals surface area (Å²) in [4.78, 5) is 23.0. The van der Waals surface area contributed by atoms with Crippen LogP contribution in [-0.4, -0.2) is 85.0 Å². The van der Waals surface area contributed by atoms with E-state index in [0.29, 0.717) is 17.5 Å². The molecular weight excluding hydrogens is 466 g/mol. The van der Waals surface area contributed by atoms with Crippen molar-refractivity contribution in [2.75, 3.05) is 37.7 Å². The number of nitrogens with zero attached hydrogens (tertiary/aromatic N) is 4. The molecule has 3 aliphatic rings. The number of pyridine rings is 2. The molecule has 0 amide bonds. The number of anilines is 1. The lowest BCUT2D eigenvalue weighted by Crippen LogP contribution is -2.59. The monoisotopic (exact) mass is 505 g/mol. The predicted octanol–water partition coefficient (Wildman–Crippen LogP) is 0.688. The highest BCUT2D eigenvalue weighted by atomic mass is 16.7. The molecule has 197 valence electrons. The van der Waals surface area contributed by atoms with E-state index < -0.39 is 18.3 Å². The van der Waals surface area contributed by atoms with Gasteiger partial charge in [0.15, 0.2) is 0 Å². The van der Waals surface area contributed by atoms with E-state index in [0.717, 1.165) is 49.6 Å². The Balaban J connectivity index is 1.34. The number of aromatic nitrogens is 2. The number of hydrogen-bond acceptors (Lipinski definition) is 7. The van der Waals surface area contributed by atoms with E-state index in [2.05, 4.69) is 22.8 Å². The molecule has 2 aromatic heterocycles. The molecule has 0 bridgehead atoms. The second kappa shape index (κ2) is 9.88. The summed E-state index contributed by atoms with van der Waals surface area (Å²) in [7, 11) is 1.32. The summed E-state index contributed by atoms with van der Waals surface area (Å²) in [6, 6.07) is 6.96. The molecule has 1 radical (unpaired) electrons. The minimum Gasteiger partial charge on any atom is -0.399 e. The van der Waals surface area contributed by atoms with Crippen molar-refractivity contribution in [3.8, 4) is 0 Å². The van der Waals surface area contributed by atoms with E-state index in [-0.39, 0.29) is 11.6 Å². The van der Waals surface area contributed by atoms with Gasteiger partial charge in [-0.3, -0.25) is 14.7 Å². The average molecular weight is 505 g/mol. The molecule has 0 aromatic carbocycles. The van der Waals surface area contributed by atoms with E-state index in [1.807, 2.05) is 73.3 Å². The van der Waals surface area contributed by atoms with Crippen LogP contribution in [0.25, 0.3) is 0 Å². The lowest BCUT2D eigenvalue weighted by Gasteiger charge is -2.46. The molecule has 5 rings (SSSR count). The van der Waals surface area contributed by atoms with Crippen molar-refractivity contribution in [2.24, 2.45) is 0 Å². The summed E-state index contributed by atoms with van der Waals surface area (Å²) in [6.07, 6.45) is 3.78. The molecule has 8 nitrogen and oxygen atoms in total. The molecule has 0 spiro atoms. The number of rotatable bonds is 6. The molecule has 2 aromatic rings. The number of piperazine rings is 1. The van der Waals surface area contributed by atoms with Crippen molar-refractivity contribution in [1.82, 2.24) is 14.5 Å². The van der Waals surface area contributed by atoms with Crippen LogP contribution in [-0.2, 0) is 14.0 Å². The maximum atomic E-state index is 13.3. The van der Waals surface area contributed by atoms with Gasteiger partial charge in [0.05, 0.1) is 36.1 Å². The highest BCUT2D eigenvalue weighted by molar-refractivity contribution is 6.68. The van der Waals surface area contributed by atoms with Crippen LogP contribution in [0, 0.1) is 0 Å². The van der Waals surface area contributed by atoms with Crippen molar-refractivity contribution in [1.29, 1.82) is 0 Å². The van der Waals surface area contributed by atoms with Crippen LogP contribution in [0.5, 0.6) is 0 Å². The molecule has 37 heavy (non-hydrogen) atoms. The molecule has 3 aliphatic heterocycles. The molecule has 10 heteroatoms. The SMILES string of the molecule is CC(C)n1cc(B2OC(C)(C)C(C)(C)O2)cc([B]c2ccc(N3CCN(C4COC4)C[C@@H]3C)cn2)c1=O. The maximum Gasteiger partial charge on any atom is 0.496 e. The van der Waals surface area contributed by atoms with Crippen molar-refractivity contribution in [2.45, 2.75) is 77.8 Å². The zero-order chi connectivity index (χ0) is 26.5. The topological polar surface area (TPSA) is 69.1 Å². The van der Waals surface area contributed by atoms with Crippen LogP contribution >= 0.6 is 0 Å². The van der Waals surface area contributed by atoms with Crippen LogP contribution in [0.4, 0.5) is 5.69 Å². The average Bonchev–Trinajstić information content (AvgIpc) is 3.01. The van der Waals surface area contributed by atoms with Gasteiger partial charge in [-0.25, -0.2) is 0 Å². The van der Waals surface area contributed by atoms with Crippen LogP contribution in [0.3, 0.4) is 0 Å². The van der Waals surface area contributed by atoms with Gasteiger partial charge >= 0.3 is 7.12 Å². The van der Waals surface area contributed by atoms with Gasteiger partial charge in [-0.15, -0.1) is 0 Å². The third-order valence-corrected chi connectivity index (χ3v) is 8.38. The van der Waals surface area contributed by atoms with Gasteiger partial charge in [-0.05, 0) is 71.5 Å². The normalized spacial score (nSPS) is 23.9. The molecule has 5 heterocycles. The first kappa shape index (κ1) is 26.5. The summed E-state index contributed by atoms with van der Waals surface area (Å²) >= 11 is 0. The van der Waals surface area contributed by atoms with Crippen LogP contribution in [0.2, 0.25) is 0 Å². The van der Waals surface area contributed by atoms with Gasteiger partial charge in [-0.1, -0.05) is 6.07 Å². The van der Waals surface area contributed by atoms with Gasteiger partial charge < -0.3 is 23.5 Å². The number of hydrogen-bond donors (Lipinski definition) is 0. The van der Waals surface area contributed by atoms with E-state index >= 15 is 0 Å². The van der Waals surface area contributed by atoms with Crippen LogP contribution < -0.4 is 27.0 Å². The van der Waals surface area contributed by atoms with E-state index in [4.69, 9.17) is 19.0 Å². The smallest absolute Gasteiger partial charge is 0.399 e. The van der Waals surface area contributed by atoms with Gasteiger partial charge in [-0.2, -0.15) is 0 Å². The predicted molar refractivity (Wildman–Crippen MR) is 149 cm³/mol. The number of ether oxygens (including phenoxy) is 1. The molecule has 0 saturated carbocycles. The summed E-state index contributed by atoms with van der Waals surface area (Å²) in [5.74, 6) is 0. The van der Waals surface area contributed by atoms with Gasteiger partial charge in [0.1, 0.15) is 0 Å². The Morgan fingerprint density at radius 3 is 2.35 bits per heavy atom. The minimum absolute atomic E-state index is 0.00371. The molecule has 3 fully saturated rings. The first-order valence-electron chi connectivity index (χ1n) is 13.5. The Morgan fingerprint density at radius 1 is 1.11 bits per heavy atom. The van der Waals surface area contributed by atoms with Crippen molar-refractivity contribution < 1.29 is 14.0 Å². The lowest BCUT2D eigenvalue weighted by atomic mass is 9.65. The summed E-state index contributed by atoms with van der Waals surface area (Å²) in [5, 5.41) is 0. The third kappa shape index (κ3) is 5.13. The van der Waals surface area contributed by atoms with Crippen LogP contribution in [0.15, 0.2) is 35.4 Å². The summed E-state index contributed by atoms with van der Waals surface area (Å²) < 4.78 is 19.7. The van der Waals surface area contributed by atoms with Gasteiger partial charge in [0.25, 0.3) is 0 Å². The summed E-state index contributed by atoms with van der Waals surface area (Å²) in [6.45, 7) is 19.2. The molecule has 0 aliphatic carbocycles. The third-order valence-electron chi connectivity index (χ3n) is 8.38. The fraction of sp³-hybridized carbons (Fsp3) is 0.630. The largest absolute Gasteiger partial charge is 0.496 e. The zero-order valence-corrected chi connectivity index (χ0v) is 23.2. The second-order valence-corrected chi connectivity index (χ2v) is 11.9. The molecule has 0 N–H and O–H groups in total. The fourth-order valence-corrected chi connectivity index (χ4v) is 5.19. The fourth-order valence-electron chi connectivity index (χ4n) is 5.19. The van der Waals surface area contributed by atoms with Gasteiger partial charge in [0.2, 0.25) is 12.8 Å². The van der Waals surface area contributed by atoms with Crippen molar-refractivity contribution in [3.63, 3.8) is 0 Å². The lowest BCUT2D eigenvalue weighted by molar-refractivity contribution is -0.0691. The highest BCUT2D eigenvalue weighted by Gasteiger charge is 2.52. The van der Waals surface area contributed by atoms with Crippen molar-refractivity contribution in [3.05, 3.63) is 40.9 Å². The summed E-state index contributed by atoms with van der Waals surface area (Å²) in [5.41, 5.74) is 2.31. The maximum absolute atomic E-state index is 13.3. The Kier molecular flexibility index (Phi) is 7.07. The van der Waals surface area contributed by atoms with Crippen LogP contribution in [0.1, 0.15) is 54.5 Å². The van der Waals surface area contributed by atoms with Gasteiger partial charge in [0, 0.05) is 49.7 Å². The Labute approximate surface area is 221 Å². The Morgan fingerprint density at radius 2 is 1.81 bits per heavy atom. The quantitative estimate of drug-likeness (QED) is 0.536. The Hall–Kier alpha value is -2.13. The van der Waals surface area contributed by atoms with E-state index in [9.17, 15) is 4.79 Å². The van der Waals surface area contributed by atoms with E-state index in [1.54, 1.807) is 4.57 Å². The molecular formula is C27H39B2N4O4. The standard InChI is InChI=1S/C27H39B2N4O4/c1-18(2)33-15-20(29-36-26(4,5)27(6,7)37-29)12-23(25(33)34)28-24-9-8-21(13-30-24)32-11-10-31(14-19(32)3)22-16-35-17-22/h8-9,12-13,15,18-19,22H,10-11,14,16-17H2,1-7H3/t19-/m0/s1. The Bertz CT molecular complexity index is 1160. The highest BCUT2D eigenvalue weighted by Crippen LogP contribution is 2.36. The van der Waals surface area contributed by atoms with E-state index in [1.165, 1.54) is 0 Å². The molecule has 1 atom stereocenters. The first-order chi connectivity index (χ1) is 17.4. The molecule has 0 unspecified atom stereocenters. The first-order valence-corrected chi connectivity index (χ1v) is 13.5. The zero-order valence-electron chi connectivity index (χ0n) is 23.2. The second-order valence-electron chi connectivity index (χ2n) is 11.9.